The monoisotopic (exact) mass is 645 g/mol. The highest BCUT2D eigenvalue weighted by Crippen LogP contribution is 2.39. The molecular weight excluding hydrogens is 598 g/mol. The van der Waals surface area contributed by atoms with Gasteiger partial charge >= 0.3 is 0 Å². The smallest absolute Gasteiger partial charge is 0.224 e. The number of nitrogens with zero attached hydrogens (tertiary/aromatic N) is 1. The van der Waals surface area contributed by atoms with Crippen LogP contribution >= 0.6 is 0 Å². The fraction of sp³-hybridized carbons (Fsp3) is 0.459. The predicted octanol–water partition coefficient (Wildman–Crippen LogP) is 5.43. The Morgan fingerprint density at radius 2 is 1.62 bits per heavy atom. The number of hydrogen-bond acceptors (Lipinski definition) is 8. The predicted molar refractivity (Wildman–Crippen MR) is 179 cm³/mol. The van der Waals surface area contributed by atoms with E-state index in [4.69, 9.17) is 18.9 Å². The third kappa shape index (κ3) is 9.54. The number of rotatable bonds is 14. The molecule has 3 aromatic carbocycles. The van der Waals surface area contributed by atoms with E-state index >= 15 is 0 Å². The van der Waals surface area contributed by atoms with Gasteiger partial charge in [-0.25, -0.2) is 0 Å². The van der Waals surface area contributed by atoms with Gasteiger partial charge in [-0.15, -0.1) is 0 Å². The number of carbonyl (C=O) groups is 2. The molecule has 2 heterocycles. The zero-order valence-corrected chi connectivity index (χ0v) is 27.6. The van der Waals surface area contributed by atoms with Crippen molar-refractivity contribution < 1.29 is 33.6 Å². The summed E-state index contributed by atoms with van der Waals surface area (Å²) in [6.07, 6.45) is 3.69. The third-order valence-corrected chi connectivity index (χ3v) is 8.80. The molecule has 3 aromatic rings. The number of nitrogens with one attached hydrogen (secondary N) is 2. The van der Waals surface area contributed by atoms with Crippen LogP contribution in [0.4, 0.5) is 5.69 Å². The molecule has 3 N–H and O–H groups in total. The van der Waals surface area contributed by atoms with Crippen LogP contribution in [-0.2, 0) is 38.6 Å². The molecule has 5 rings (SSSR count). The average Bonchev–Trinajstić information content (AvgIpc) is 3.09. The zero-order chi connectivity index (χ0) is 33.2. The van der Waals surface area contributed by atoms with Gasteiger partial charge in [-0.2, -0.15) is 0 Å². The molecule has 0 bridgehead atoms. The Hall–Kier alpha value is -3.96. The van der Waals surface area contributed by atoms with Gasteiger partial charge in [0.05, 0.1) is 33.0 Å². The Bertz CT molecular complexity index is 1480. The molecule has 0 radical (unpaired) electrons. The van der Waals surface area contributed by atoms with Crippen LogP contribution in [-0.4, -0.2) is 61.8 Å². The van der Waals surface area contributed by atoms with Gasteiger partial charge in [0.2, 0.25) is 11.8 Å². The van der Waals surface area contributed by atoms with Crippen LogP contribution in [0.3, 0.4) is 0 Å². The number of aliphatic hydroxyl groups is 1. The SMILES string of the molecule is COc1cc2c(cc1OC)CN(C[C@H]1C[C@@H](c3ccc(CO)cc3)O[C@@H](c3ccc(NC(=O)CCCCCNC(C)=O)cc3)O1)CC2. The Morgan fingerprint density at radius 3 is 2.30 bits per heavy atom. The number of unbranched alkanes of at least 4 members (excludes halogenated alkanes) is 2. The lowest BCUT2D eigenvalue weighted by molar-refractivity contribution is -0.253. The molecule has 252 valence electrons. The van der Waals surface area contributed by atoms with Gasteiger partial charge in [-0.05, 0) is 65.8 Å². The highest BCUT2D eigenvalue weighted by molar-refractivity contribution is 5.90. The van der Waals surface area contributed by atoms with Crippen molar-refractivity contribution in [1.29, 1.82) is 0 Å². The van der Waals surface area contributed by atoms with Crippen molar-refractivity contribution in [1.82, 2.24) is 10.2 Å². The van der Waals surface area contributed by atoms with E-state index in [0.29, 0.717) is 19.4 Å². The molecule has 10 nitrogen and oxygen atoms in total. The quantitative estimate of drug-likeness (QED) is 0.199. The Morgan fingerprint density at radius 1 is 0.915 bits per heavy atom. The Labute approximate surface area is 277 Å². The minimum Gasteiger partial charge on any atom is -0.493 e. The first-order valence-electron chi connectivity index (χ1n) is 16.5. The Balaban J connectivity index is 1.23. The van der Waals surface area contributed by atoms with Gasteiger partial charge in [0, 0.05) is 57.2 Å². The van der Waals surface area contributed by atoms with E-state index in [1.807, 2.05) is 48.5 Å². The number of amides is 2. The number of anilines is 1. The van der Waals surface area contributed by atoms with Crippen molar-refractivity contribution >= 4 is 17.5 Å². The van der Waals surface area contributed by atoms with Crippen LogP contribution in [0.5, 0.6) is 11.5 Å². The van der Waals surface area contributed by atoms with Gasteiger partial charge < -0.3 is 34.7 Å². The first-order valence-corrected chi connectivity index (χ1v) is 16.5. The van der Waals surface area contributed by atoms with Crippen molar-refractivity contribution in [2.24, 2.45) is 0 Å². The van der Waals surface area contributed by atoms with Crippen molar-refractivity contribution in [3.63, 3.8) is 0 Å². The number of ether oxygens (including phenoxy) is 4. The van der Waals surface area contributed by atoms with E-state index in [-0.39, 0.29) is 30.6 Å². The topological polar surface area (TPSA) is 119 Å². The summed E-state index contributed by atoms with van der Waals surface area (Å²) in [4.78, 5) is 25.9. The van der Waals surface area contributed by atoms with E-state index in [2.05, 4.69) is 27.7 Å². The van der Waals surface area contributed by atoms with Crippen LogP contribution in [0.2, 0.25) is 0 Å². The van der Waals surface area contributed by atoms with Crippen molar-refractivity contribution in [3.8, 4) is 11.5 Å². The maximum absolute atomic E-state index is 12.5. The van der Waals surface area contributed by atoms with Crippen LogP contribution in [0, 0.1) is 0 Å². The lowest BCUT2D eigenvalue weighted by Crippen LogP contribution is -2.41. The summed E-state index contributed by atoms with van der Waals surface area (Å²) in [5.41, 5.74) is 6.01. The standard InChI is InChI=1S/C37H47N3O7/c1-25(42)38-17-6-4-5-7-36(43)39-31-14-12-28(13-15-31)37-46-32(21-33(47-37)27-10-8-26(24-41)9-11-27)23-40-18-16-29-19-34(44-2)35(45-3)20-30(29)22-40/h8-15,19-20,32-33,37,41H,4-7,16-18,21-24H2,1-3H3,(H,38,42)(H,39,43)/t32-,33+,37+/m1/s1. The molecule has 0 unspecified atom stereocenters. The molecule has 1 fully saturated rings. The number of methoxy groups -OCH3 is 2. The molecule has 0 aliphatic carbocycles. The highest BCUT2D eigenvalue weighted by Gasteiger charge is 2.34. The molecule has 2 aliphatic heterocycles. The highest BCUT2D eigenvalue weighted by atomic mass is 16.7. The molecule has 1 saturated heterocycles. The Kier molecular flexibility index (Phi) is 12.2. The van der Waals surface area contributed by atoms with Crippen LogP contribution in [0.15, 0.2) is 60.7 Å². The minimum atomic E-state index is -0.578. The number of hydrogen-bond donors (Lipinski definition) is 3. The lowest BCUT2D eigenvalue weighted by atomic mass is 9.97. The summed E-state index contributed by atoms with van der Waals surface area (Å²) >= 11 is 0. The average molecular weight is 646 g/mol. The van der Waals surface area contributed by atoms with Crippen LogP contribution < -0.4 is 20.1 Å². The normalized spacial score (nSPS) is 19.4. The molecule has 0 spiro atoms. The number of aliphatic hydroxyl groups excluding tert-OH is 1. The third-order valence-electron chi connectivity index (χ3n) is 8.80. The molecule has 3 atom stereocenters. The molecule has 0 saturated carbocycles. The molecule has 10 heteroatoms. The maximum atomic E-state index is 12.5. The summed E-state index contributed by atoms with van der Waals surface area (Å²) in [6, 6.07) is 19.7. The number of carbonyl (C=O) groups excluding carboxylic acids is 2. The largest absolute Gasteiger partial charge is 0.493 e. The van der Waals surface area contributed by atoms with Gasteiger partial charge in [0.25, 0.3) is 0 Å². The molecule has 0 aromatic heterocycles. The molecule has 2 aliphatic rings. The second-order valence-electron chi connectivity index (χ2n) is 12.3. The van der Waals surface area contributed by atoms with Crippen molar-refractivity contribution in [3.05, 3.63) is 88.5 Å². The minimum absolute atomic E-state index is 0.00521. The van der Waals surface area contributed by atoms with Crippen LogP contribution in [0.25, 0.3) is 0 Å². The van der Waals surface area contributed by atoms with E-state index < -0.39 is 6.29 Å². The fourth-order valence-corrected chi connectivity index (χ4v) is 6.22. The molecular formula is C37H47N3O7. The summed E-state index contributed by atoms with van der Waals surface area (Å²) in [5.74, 6) is 1.42. The van der Waals surface area contributed by atoms with Crippen molar-refractivity contribution in [2.45, 2.75) is 77.1 Å². The van der Waals surface area contributed by atoms with E-state index in [0.717, 1.165) is 79.2 Å². The summed E-state index contributed by atoms with van der Waals surface area (Å²) in [7, 11) is 3.33. The van der Waals surface area contributed by atoms with Gasteiger partial charge in [0.15, 0.2) is 17.8 Å². The zero-order valence-electron chi connectivity index (χ0n) is 27.6. The first kappa shape index (κ1) is 34.4. The fourth-order valence-electron chi connectivity index (χ4n) is 6.22. The van der Waals surface area contributed by atoms with E-state index in [1.165, 1.54) is 18.1 Å². The van der Waals surface area contributed by atoms with Gasteiger partial charge in [0.1, 0.15) is 0 Å². The summed E-state index contributed by atoms with van der Waals surface area (Å²) in [6.45, 7) is 4.58. The second kappa shape index (κ2) is 16.7. The van der Waals surface area contributed by atoms with Crippen LogP contribution in [0.1, 0.15) is 79.2 Å². The summed E-state index contributed by atoms with van der Waals surface area (Å²) < 4.78 is 24.2. The summed E-state index contributed by atoms with van der Waals surface area (Å²) in [5, 5.41) is 15.3. The molecule has 2 amide bonds. The van der Waals surface area contributed by atoms with E-state index in [9.17, 15) is 14.7 Å². The second-order valence-corrected chi connectivity index (χ2v) is 12.3. The van der Waals surface area contributed by atoms with E-state index in [1.54, 1.807) is 14.2 Å². The number of fused-ring (bicyclic) bond motifs is 1. The van der Waals surface area contributed by atoms with Crippen molar-refractivity contribution in [2.75, 3.05) is 39.2 Å². The molecule has 47 heavy (non-hydrogen) atoms. The maximum Gasteiger partial charge on any atom is 0.224 e. The van der Waals surface area contributed by atoms with Gasteiger partial charge in [-0.1, -0.05) is 42.8 Å². The first-order chi connectivity index (χ1) is 22.8. The lowest BCUT2D eigenvalue weighted by Gasteiger charge is -2.39. The van der Waals surface area contributed by atoms with Gasteiger partial charge in [-0.3, -0.25) is 14.5 Å². The number of benzene rings is 3.